The average Bonchev–Trinajstić information content (AvgIpc) is 2.75. The minimum absolute atomic E-state index is 0.149. The molecule has 2 rings (SSSR count). The monoisotopic (exact) mass is 333 g/mol. The molecule has 1 saturated heterocycles. The lowest BCUT2D eigenvalue weighted by atomic mass is 10.1. The summed E-state index contributed by atoms with van der Waals surface area (Å²) in [6.45, 7) is 0. The second kappa shape index (κ2) is 5.27. The van der Waals surface area contributed by atoms with Gasteiger partial charge in [-0.1, -0.05) is 15.9 Å². The van der Waals surface area contributed by atoms with Gasteiger partial charge in [-0.05, 0) is 18.2 Å². The van der Waals surface area contributed by atoms with Gasteiger partial charge in [-0.3, -0.25) is 4.79 Å². The molecule has 18 heavy (non-hydrogen) atoms. The summed E-state index contributed by atoms with van der Waals surface area (Å²) in [4.78, 5) is 24.4. The number of carboxylic acid groups (broad SMARTS) is 1. The summed E-state index contributed by atoms with van der Waals surface area (Å²) in [5.74, 6) is -1.37. The third-order valence-corrected chi connectivity index (χ3v) is 4.01. The number of nitrogens with zero attached hydrogens (tertiary/aromatic N) is 1. The van der Waals surface area contributed by atoms with Crippen LogP contribution in [0.5, 0.6) is 0 Å². The van der Waals surface area contributed by atoms with Crippen LogP contribution in [-0.2, 0) is 4.79 Å². The molecule has 1 aromatic rings. The molecule has 1 aliphatic rings. The van der Waals surface area contributed by atoms with Gasteiger partial charge in [0, 0.05) is 15.8 Å². The zero-order valence-electron chi connectivity index (χ0n) is 9.10. The second-order valence-electron chi connectivity index (χ2n) is 3.79. The van der Waals surface area contributed by atoms with Crippen LogP contribution in [0.25, 0.3) is 0 Å². The molecule has 7 heteroatoms. The summed E-state index contributed by atoms with van der Waals surface area (Å²) in [5, 5.41) is 9.00. The number of carbonyl (C=O) groups is 2. The third-order valence-electron chi connectivity index (χ3n) is 2.54. The molecule has 4 nitrogen and oxygen atoms in total. The molecule has 1 heterocycles. The molecule has 1 unspecified atom stereocenters. The molecule has 1 aliphatic heterocycles. The number of rotatable bonds is 2. The summed E-state index contributed by atoms with van der Waals surface area (Å²) >= 11 is 4.47. The first-order chi connectivity index (χ1) is 8.49. The first kappa shape index (κ1) is 13.4. The van der Waals surface area contributed by atoms with E-state index in [4.69, 9.17) is 5.11 Å². The Morgan fingerprint density at radius 2 is 2.17 bits per heavy atom. The SMILES string of the molecule is O=C(O)C1CSCN1C(=O)c1cc(F)cc(Br)c1. The second-order valence-corrected chi connectivity index (χ2v) is 5.70. The molecular formula is C11H9BrFNO3S. The quantitative estimate of drug-likeness (QED) is 0.901. The highest BCUT2D eigenvalue weighted by Gasteiger charge is 2.35. The number of thioether (sulfide) groups is 1. The summed E-state index contributed by atoms with van der Waals surface area (Å²) in [6, 6.07) is 2.98. The van der Waals surface area contributed by atoms with E-state index < -0.39 is 23.7 Å². The van der Waals surface area contributed by atoms with E-state index in [9.17, 15) is 14.0 Å². The maximum atomic E-state index is 13.2. The van der Waals surface area contributed by atoms with E-state index in [2.05, 4.69) is 15.9 Å². The van der Waals surface area contributed by atoms with Gasteiger partial charge < -0.3 is 10.0 Å². The molecule has 0 bridgehead atoms. The Hall–Kier alpha value is -1.08. The van der Waals surface area contributed by atoms with Gasteiger partial charge >= 0.3 is 5.97 Å². The Balaban J connectivity index is 2.28. The van der Waals surface area contributed by atoms with Gasteiger partial charge in [0.25, 0.3) is 5.91 Å². The number of halogens is 2. The van der Waals surface area contributed by atoms with Crippen molar-refractivity contribution in [2.45, 2.75) is 6.04 Å². The highest BCUT2D eigenvalue weighted by atomic mass is 79.9. The Kier molecular flexibility index (Phi) is 3.91. The van der Waals surface area contributed by atoms with E-state index in [1.807, 2.05) is 0 Å². The molecule has 0 radical (unpaired) electrons. The van der Waals surface area contributed by atoms with Crippen LogP contribution in [0.1, 0.15) is 10.4 Å². The van der Waals surface area contributed by atoms with Gasteiger partial charge in [-0.2, -0.15) is 0 Å². The van der Waals surface area contributed by atoms with E-state index in [0.29, 0.717) is 16.1 Å². The van der Waals surface area contributed by atoms with Gasteiger partial charge in [0.05, 0.1) is 5.88 Å². The average molecular weight is 334 g/mol. The van der Waals surface area contributed by atoms with Crippen molar-refractivity contribution < 1.29 is 19.1 Å². The van der Waals surface area contributed by atoms with Crippen LogP contribution in [0.3, 0.4) is 0 Å². The van der Waals surface area contributed by atoms with Crippen molar-refractivity contribution in [2.24, 2.45) is 0 Å². The van der Waals surface area contributed by atoms with E-state index >= 15 is 0 Å². The van der Waals surface area contributed by atoms with Crippen LogP contribution in [0.2, 0.25) is 0 Å². The zero-order chi connectivity index (χ0) is 13.3. The molecule has 1 aromatic carbocycles. The van der Waals surface area contributed by atoms with Crippen LogP contribution in [0.4, 0.5) is 4.39 Å². The molecule has 96 valence electrons. The predicted octanol–water partition coefficient (Wildman–Crippen LogP) is 2.19. The summed E-state index contributed by atoms with van der Waals surface area (Å²) < 4.78 is 13.7. The van der Waals surface area contributed by atoms with Crippen molar-refractivity contribution >= 4 is 39.6 Å². The normalized spacial score (nSPS) is 19.0. The third kappa shape index (κ3) is 2.67. The predicted molar refractivity (Wildman–Crippen MR) is 69.0 cm³/mol. The molecule has 1 amide bonds. The van der Waals surface area contributed by atoms with Gasteiger partial charge in [0.15, 0.2) is 0 Å². The van der Waals surface area contributed by atoms with E-state index in [0.717, 1.165) is 6.07 Å². The Morgan fingerprint density at radius 3 is 2.78 bits per heavy atom. The van der Waals surface area contributed by atoms with Crippen molar-refractivity contribution in [3.8, 4) is 0 Å². The smallest absolute Gasteiger partial charge is 0.327 e. The van der Waals surface area contributed by atoms with Crippen molar-refractivity contribution in [1.29, 1.82) is 0 Å². The van der Waals surface area contributed by atoms with Crippen LogP contribution >= 0.6 is 27.7 Å². The molecule has 1 atom stereocenters. The van der Waals surface area contributed by atoms with Crippen molar-refractivity contribution in [1.82, 2.24) is 4.90 Å². The fourth-order valence-corrected chi connectivity index (χ4v) is 3.30. The minimum Gasteiger partial charge on any atom is -0.480 e. The number of hydrogen-bond donors (Lipinski definition) is 1. The molecular weight excluding hydrogens is 325 g/mol. The maximum absolute atomic E-state index is 13.2. The highest BCUT2D eigenvalue weighted by molar-refractivity contribution is 9.10. The molecule has 0 saturated carbocycles. The Bertz CT molecular complexity index is 491. The van der Waals surface area contributed by atoms with Crippen molar-refractivity contribution in [3.63, 3.8) is 0 Å². The summed E-state index contributed by atoms with van der Waals surface area (Å²) in [7, 11) is 0. The summed E-state index contributed by atoms with van der Waals surface area (Å²) in [6.07, 6.45) is 0. The first-order valence-corrected chi connectivity index (χ1v) is 7.01. The first-order valence-electron chi connectivity index (χ1n) is 5.06. The molecule has 0 aliphatic carbocycles. The number of hydrogen-bond acceptors (Lipinski definition) is 3. The molecule has 1 N–H and O–H groups in total. The van der Waals surface area contributed by atoms with Crippen LogP contribution < -0.4 is 0 Å². The van der Waals surface area contributed by atoms with Gasteiger partial charge in [0.1, 0.15) is 11.9 Å². The van der Waals surface area contributed by atoms with Gasteiger partial charge in [0.2, 0.25) is 0 Å². The largest absolute Gasteiger partial charge is 0.480 e. The number of amides is 1. The number of aliphatic carboxylic acids is 1. The fourth-order valence-electron chi connectivity index (χ4n) is 1.69. The number of carboxylic acids is 1. The van der Waals surface area contributed by atoms with Gasteiger partial charge in [-0.25, -0.2) is 9.18 Å². The number of carbonyl (C=O) groups excluding carboxylic acids is 1. The Labute approximate surface area is 115 Å². The van der Waals surface area contributed by atoms with Crippen molar-refractivity contribution in [2.75, 3.05) is 11.6 Å². The summed E-state index contributed by atoms with van der Waals surface area (Å²) in [5.41, 5.74) is 0.149. The molecule has 0 aromatic heterocycles. The van der Waals surface area contributed by atoms with Crippen molar-refractivity contribution in [3.05, 3.63) is 34.1 Å². The molecule has 0 spiro atoms. The van der Waals surface area contributed by atoms with Crippen LogP contribution in [-0.4, -0.2) is 39.6 Å². The standard InChI is InChI=1S/C11H9BrFNO3S/c12-7-1-6(2-8(13)3-7)10(15)14-5-18-4-9(14)11(16)17/h1-3,9H,4-5H2,(H,16,17). The fraction of sp³-hybridized carbons (Fsp3) is 0.273. The number of benzene rings is 1. The van der Waals surface area contributed by atoms with E-state index in [-0.39, 0.29) is 5.56 Å². The topological polar surface area (TPSA) is 57.6 Å². The van der Waals surface area contributed by atoms with Gasteiger partial charge in [-0.15, -0.1) is 11.8 Å². The van der Waals surface area contributed by atoms with Crippen LogP contribution in [0.15, 0.2) is 22.7 Å². The highest BCUT2D eigenvalue weighted by Crippen LogP contribution is 2.24. The Morgan fingerprint density at radius 1 is 1.44 bits per heavy atom. The zero-order valence-corrected chi connectivity index (χ0v) is 11.5. The van der Waals surface area contributed by atoms with E-state index in [1.54, 1.807) is 0 Å². The minimum atomic E-state index is -1.04. The lowest BCUT2D eigenvalue weighted by Gasteiger charge is -2.20. The molecule has 1 fully saturated rings. The maximum Gasteiger partial charge on any atom is 0.327 e. The lowest BCUT2D eigenvalue weighted by molar-refractivity contribution is -0.140. The van der Waals surface area contributed by atoms with E-state index in [1.165, 1.54) is 28.8 Å². The van der Waals surface area contributed by atoms with Crippen LogP contribution in [0, 0.1) is 5.82 Å². The lowest BCUT2D eigenvalue weighted by Crippen LogP contribution is -2.41.